The lowest BCUT2D eigenvalue weighted by atomic mass is 9.94. The maximum Gasteiger partial charge on any atom is 0.227 e. The highest BCUT2D eigenvalue weighted by molar-refractivity contribution is 6.21. The topological polar surface area (TPSA) is 96.3 Å². The summed E-state index contributed by atoms with van der Waals surface area (Å²) in [7, 11) is -4.94. The number of nitrogens with zero attached hydrogens (tertiary/aromatic N) is 1. The Hall–Kier alpha value is -3.84. The van der Waals surface area contributed by atoms with Gasteiger partial charge in [-0.25, -0.2) is 18.6 Å². The molecule has 36 heavy (non-hydrogen) atoms. The average Bonchev–Trinajstić information content (AvgIpc) is 2.87. The minimum absolute atomic E-state index is 1.25. The van der Waals surface area contributed by atoms with E-state index in [2.05, 4.69) is 114 Å². The Morgan fingerprint density at radius 3 is 1.39 bits per heavy atom. The molecule has 0 aliphatic heterocycles. The van der Waals surface area contributed by atoms with Crippen LogP contribution in [-0.2, 0) is 0 Å². The molecule has 0 aliphatic carbocycles. The standard InChI is InChI=1S/C30H20N.ClHO4/c1-19-15-26-22-11-5-7-13-24(22)28-17-21(20-9-3-2-4-10-20)18-29-25-14-8-6-12-23(25)27(16-19)30(26)31(28)29;2-1(3,4)5/h2-18H,1H3;(H,2,3,4,5)/q+1;/p-1. The van der Waals surface area contributed by atoms with Gasteiger partial charge in [0.25, 0.3) is 0 Å². The van der Waals surface area contributed by atoms with Crippen LogP contribution in [0.1, 0.15) is 5.56 Å². The van der Waals surface area contributed by atoms with Crippen LogP contribution < -0.4 is 23.0 Å². The van der Waals surface area contributed by atoms with Crippen molar-refractivity contribution in [2.45, 2.75) is 6.92 Å². The molecule has 3 aromatic heterocycles. The van der Waals surface area contributed by atoms with E-state index in [0.29, 0.717) is 0 Å². The molecule has 0 fully saturated rings. The molecule has 0 saturated heterocycles. The van der Waals surface area contributed by atoms with Crippen molar-refractivity contribution >= 4 is 48.9 Å². The van der Waals surface area contributed by atoms with E-state index in [1.54, 1.807) is 0 Å². The van der Waals surface area contributed by atoms with Crippen LogP contribution in [0.4, 0.5) is 0 Å². The van der Waals surface area contributed by atoms with Gasteiger partial charge < -0.3 is 0 Å². The molecule has 0 spiro atoms. The highest BCUT2D eigenvalue weighted by Crippen LogP contribution is 2.37. The van der Waals surface area contributed by atoms with Crippen LogP contribution >= 0.6 is 0 Å². The van der Waals surface area contributed by atoms with Gasteiger partial charge in [0.15, 0.2) is 0 Å². The summed E-state index contributed by atoms with van der Waals surface area (Å²) in [5, 5.41) is 7.88. The van der Waals surface area contributed by atoms with Crippen LogP contribution in [0.25, 0.3) is 60.0 Å². The van der Waals surface area contributed by atoms with Gasteiger partial charge in [0.2, 0.25) is 16.6 Å². The maximum atomic E-state index is 8.49. The zero-order valence-corrected chi connectivity index (χ0v) is 20.0. The molecule has 0 saturated carbocycles. The van der Waals surface area contributed by atoms with Crippen LogP contribution in [0.3, 0.4) is 0 Å². The molecular weight excluding hydrogens is 474 g/mol. The Balaban J connectivity index is 0.000000441. The van der Waals surface area contributed by atoms with Gasteiger partial charge in [-0.05, 0) is 47.9 Å². The van der Waals surface area contributed by atoms with Crippen LogP contribution in [0.15, 0.2) is 103 Å². The van der Waals surface area contributed by atoms with Crippen LogP contribution in [0.2, 0.25) is 0 Å². The lowest BCUT2D eigenvalue weighted by molar-refractivity contribution is -2.00. The van der Waals surface area contributed by atoms with Gasteiger partial charge in [0.05, 0.1) is 21.5 Å². The molecule has 4 aromatic carbocycles. The first-order chi connectivity index (χ1) is 17.3. The highest BCUT2D eigenvalue weighted by atomic mass is 35.7. The second-order valence-corrected chi connectivity index (χ2v) is 9.65. The van der Waals surface area contributed by atoms with Crippen LogP contribution in [-0.4, -0.2) is 0 Å². The predicted octanol–water partition coefficient (Wildman–Crippen LogP) is 2.70. The monoisotopic (exact) mass is 493 g/mol. The van der Waals surface area contributed by atoms with Gasteiger partial charge in [-0.2, -0.15) is 4.40 Å². The predicted molar refractivity (Wildman–Crippen MR) is 131 cm³/mol. The third-order valence-corrected chi connectivity index (χ3v) is 6.64. The Kier molecular flexibility index (Phi) is 5.26. The van der Waals surface area contributed by atoms with Crippen LogP contribution in [0.5, 0.6) is 0 Å². The van der Waals surface area contributed by atoms with Crippen molar-refractivity contribution in [3.63, 3.8) is 0 Å². The molecule has 0 atom stereocenters. The molecule has 7 aromatic rings. The zero-order valence-electron chi connectivity index (χ0n) is 19.3. The maximum absolute atomic E-state index is 8.49. The van der Waals surface area contributed by atoms with E-state index in [1.165, 1.54) is 65.6 Å². The molecule has 0 bridgehead atoms. The molecular formula is C30H20ClNO4. The molecule has 0 radical (unpaired) electrons. The summed E-state index contributed by atoms with van der Waals surface area (Å²) in [5.41, 5.74) is 7.64. The van der Waals surface area contributed by atoms with Crippen LogP contribution in [0, 0.1) is 17.2 Å². The number of rotatable bonds is 1. The summed E-state index contributed by atoms with van der Waals surface area (Å²) in [6.07, 6.45) is 0. The Labute approximate surface area is 208 Å². The van der Waals surface area contributed by atoms with E-state index in [9.17, 15) is 0 Å². The fraction of sp³-hybridized carbons (Fsp3) is 0.0333. The van der Waals surface area contributed by atoms with Crippen molar-refractivity contribution in [2.24, 2.45) is 0 Å². The van der Waals surface area contributed by atoms with Crippen molar-refractivity contribution in [2.75, 3.05) is 0 Å². The average molecular weight is 494 g/mol. The Morgan fingerprint density at radius 2 is 0.917 bits per heavy atom. The first kappa shape index (κ1) is 22.6. The van der Waals surface area contributed by atoms with E-state index < -0.39 is 10.2 Å². The van der Waals surface area contributed by atoms with Gasteiger partial charge in [-0.1, -0.05) is 66.7 Å². The van der Waals surface area contributed by atoms with Crippen molar-refractivity contribution in [3.8, 4) is 11.1 Å². The first-order valence-corrected chi connectivity index (χ1v) is 12.6. The Bertz CT molecular complexity index is 1780. The molecule has 5 nitrogen and oxygen atoms in total. The first-order valence-electron chi connectivity index (χ1n) is 11.4. The molecule has 0 aliphatic rings. The lowest BCUT2D eigenvalue weighted by Gasteiger charge is -2.17. The Morgan fingerprint density at radius 1 is 0.500 bits per heavy atom. The molecule has 3 heterocycles. The smallest absolute Gasteiger partial charge is 0.222 e. The summed E-state index contributed by atoms with van der Waals surface area (Å²) < 4.78 is 36.5. The number of halogens is 1. The molecule has 6 heteroatoms. The fourth-order valence-corrected chi connectivity index (χ4v) is 5.34. The van der Waals surface area contributed by atoms with Crippen molar-refractivity contribution < 1.29 is 33.3 Å². The second kappa shape index (κ2) is 8.38. The number of benzene rings is 4. The molecule has 7 rings (SSSR count). The summed E-state index contributed by atoms with van der Waals surface area (Å²) in [5.74, 6) is 0. The quantitative estimate of drug-likeness (QED) is 0.199. The second-order valence-electron chi connectivity index (χ2n) is 8.89. The minimum atomic E-state index is -4.94. The normalized spacial score (nSPS) is 12.0. The largest absolute Gasteiger partial charge is 0.227 e. The van der Waals surface area contributed by atoms with Gasteiger partial charge >= 0.3 is 0 Å². The molecule has 176 valence electrons. The third kappa shape index (κ3) is 3.80. The molecule has 0 N–H and O–H groups in total. The fourth-order valence-electron chi connectivity index (χ4n) is 5.34. The SMILES string of the molecule is Cc1cc2c3ccccc3c3cc(-c4ccccc4)cc4c5ccccc5c(c1)c2[n+]34.[O-][Cl+3]([O-])([O-])[O-]. The van der Waals surface area contributed by atoms with Crippen molar-refractivity contribution in [3.05, 3.63) is 109 Å². The van der Waals surface area contributed by atoms with E-state index in [1.807, 2.05) is 0 Å². The number of hydrogen-bond donors (Lipinski definition) is 0. The summed E-state index contributed by atoms with van der Waals surface area (Å²) in [6.45, 7) is 2.20. The van der Waals surface area contributed by atoms with Gasteiger partial charge in [0, 0.05) is 22.9 Å². The van der Waals surface area contributed by atoms with E-state index in [-0.39, 0.29) is 0 Å². The summed E-state index contributed by atoms with van der Waals surface area (Å²) in [6, 6.07) is 37.8. The van der Waals surface area contributed by atoms with E-state index >= 15 is 0 Å². The number of aryl methyl sites for hydroxylation is 1. The third-order valence-electron chi connectivity index (χ3n) is 6.64. The van der Waals surface area contributed by atoms with Gasteiger partial charge in [-0.15, -0.1) is 10.2 Å². The number of aromatic nitrogens is 1. The lowest BCUT2D eigenvalue weighted by Crippen LogP contribution is -2.68. The van der Waals surface area contributed by atoms with Gasteiger partial charge in [0.1, 0.15) is 0 Å². The number of pyridine rings is 3. The summed E-state index contributed by atoms with van der Waals surface area (Å²) >= 11 is 0. The van der Waals surface area contributed by atoms with Gasteiger partial charge in [-0.3, -0.25) is 0 Å². The molecule has 0 unspecified atom stereocenters. The van der Waals surface area contributed by atoms with E-state index in [4.69, 9.17) is 18.6 Å². The zero-order chi connectivity index (χ0) is 25.0. The van der Waals surface area contributed by atoms with E-state index in [0.717, 1.165) is 0 Å². The summed E-state index contributed by atoms with van der Waals surface area (Å²) in [4.78, 5) is 0. The number of hydrogen-bond acceptors (Lipinski definition) is 4. The highest BCUT2D eigenvalue weighted by Gasteiger charge is 2.25. The molecule has 0 amide bonds. The van der Waals surface area contributed by atoms with Crippen molar-refractivity contribution in [1.29, 1.82) is 0 Å². The number of fused-ring (bicyclic) bond motifs is 6. The minimum Gasteiger partial charge on any atom is -0.222 e. The van der Waals surface area contributed by atoms with Crippen molar-refractivity contribution in [1.82, 2.24) is 0 Å².